The Hall–Kier alpha value is -5.50. The van der Waals surface area contributed by atoms with E-state index >= 15 is 26.3 Å². The van der Waals surface area contributed by atoms with Crippen LogP contribution in [0.15, 0.2) is 121 Å². The van der Waals surface area contributed by atoms with Gasteiger partial charge in [0.15, 0.2) is 0 Å². The molecule has 8 heteroatoms. The first-order valence-corrected chi connectivity index (χ1v) is 16.6. The Morgan fingerprint density at radius 2 is 0.608 bits per heavy atom. The predicted molar refractivity (Wildman–Crippen MR) is 193 cm³/mol. The van der Waals surface area contributed by atoms with Gasteiger partial charge in [0.25, 0.3) is 0 Å². The zero-order valence-electron chi connectivity index (χ0n) is 28.2. The first-order valence-electron chi connectivity index (χ1n) is 16.6. The van der Waals surface area contributed by atoms with E-state index in [1.165, 1.54) is 24.3 Å². The van der Waals surface area contributed by atoms with Gasteiger partial charge in [-0.15, -0.1) is 0 Å². The van der Waals surface area contributed by atoms with Crippen LogP contribution < -0.4 is 0 Å². The summed E-state index contributed by atoms with van der Waals surface area (Å²) < 4.78 is 95.2. The first kappa shape index (κ1) is 32.7. The minimum Gasteiger partial charge on any atom is -0.309 e. The highest BCUT2D eigenvalue weighted by Gasteiger charge is 2.72. The molecule has 0 atom stereocenters. The molecule has 2 nitrogen and oxygen atoms in total. The largest absolute Gasteiger partial charge is 0.411 e. The van der Waals surface area contributed by atoms with E-state index in [1.54, 1.807) is 0 Å². The highest BCUT2D eigenvalue weighted by molar-refractivity contribution is 6.10. The Labute approximate surface area is 290 Å². The van der Waals surface area contributed by atoms with Crippen LogP contribution in [0.1, 0.15) is 33.4 Å². The van der Waals surface area contributed by atoms with Gasteiger partial charge in [0.05, 0.1) is 22.1 Å². The molecule has 0 aliphatic rings. The van der Waals surface area contributed by atoms with E-state index in [1.807, 2.05) is 110 Å². The number of aryl methyl sites for hydroxylation is 4. The molecule has 0 spiro atoms. The van der Waals surface area contributed by atoms with Gasteiger partial charge in [0.1, 0.15) is 0 Å². The zero-order chi connectivity index (χ0) is 36.0. The van der Waals surface area contributed by atoms with E-state index in [0.29, 0.717) is 11.4 Å². The Morgan fingerprint density at radius 3 is 0.843 bits per heavy atom. The van der Waals surface area contributed by atoms with Crippen LogP contribution in [0.4, 0.5) is 26.3 Å². The van der Waals surface area contributed by atoms with Crippen LogP contribution in [0.2, 0.25) is 0 Å². The molecule has 0 unspecified atom stereocenters. The monoisotopic (exact) mass is 690 g/mol. The Kier molecular flexibility index (Phi) is 7.21. The molecule has 0 fully saturated rings. The van der Waals surface area contributed by atoms with E-state index < -0.39 is 28.9 Å². The molecule has 0 aliphatic carbocycles. The van der Waals surface area contributed by atoms with Gasteiger partial charge in [-0.3, -0.25) is 0 Å². The van der Waals surface area contributed by atoms with Crippen molar-refractivity contribution >= 4 is 43.6 Å². The third kappa shape index (κ3) is 4.87. The molecule has 0 aliphatic heterocycles. The molecule has 0 saturated carbocycles. The lowest BCUT2D eigenvalue weighted by Crippen LogP contribution is -2.54. The van der Waals surface area contributed by atoms with Crippen molar-refractivity contribution in [2.75, 3.05) is 0 Å². The highest BCUT2D eigenvalue weighted by Crippen LogP contribution is 2.56. The fourth-order valence-electron chi connectivity index (χ4n) is 7.76. The minimum atomic E-state index is -5.71. The molecule has 6 aromatic carbocycles. The van der Waals surface area contributed by atoms with E-state index in [0.717, 1.165) is 90.1 Å². The first-order chi connectivity index (χ1) is 24.2. The molecule has 0 N–H and O–H groups in total. The smallest absolute Gasteiger partial charge is 0.309 e. The predicted octanol–water partition coefficient (Wildman–Crippen LogP) is 12.5. The number of rotatable bonds is 4. The van der Waals surface area contributed by atoms with Gasteiger partial charge < -0.3 is 9.13 Å². The molecule has 0 saturated heterocycles. The fraction of sp³-hybridized carbons (Fsp3) is 0.163. The minimum absolute atomic E-state index is 0.455. The number of benzene rings is 6. The van der Waals surface area contributed by atoms with Gasteiger partial charge in [-0.1, -0.05) is 70.8 Å². The Morgan fingerprint density at radius 1 is 0.353 bits per heavy atom. The Balaban J connectivity index is 1.29. The summed E-state index contributed by atoms with van der Waals surface area (Å²) in [6.45, 7) is 7.88. The lowest BCUT2D eigenvalue weighted by atomic mass is 9.73. The van der Waals surface area contributed by atoms with Crippen LogP contribution in [-0.2, 0) is 5.41 Å². The third-order valence-corrected chi connectivity index (χ3v) is 10.1. The summed E-state index contributed by atoms with van der Waals surface area (Å²) in [6, 6.07) is 32.8. The summed E-state index contributed by atoms with van der Waals surface area (Å²) in [5.41, 5.74) is 2.17. The van der Waals surface area contributed by atoms with Gasteiger partial charge in [-0.25, -0.2) is 0 Å². The molecule has 0 bridgehead atoms. The summed E-state index contributed by atoms with van der Waals surface area (Å²) >= 11 is 0. The standard InChI is InChI=1S/C43H32F6N2/c1-25-5-17-37-33(21-25)34-22-26(2)6-18-38(34)50(37)31-13-9-29(10-14-31)41(42(44,45)46,43(47,48)49)30-11-15-32(16-12-30)51-39-19-7-27(3)23-35(39)36-24-28(4)8-20-40(36)51/h5-24H,1-4H3. The lowest BCUT2D eigenvalue weighted by Gasteiger charge is -2.38. The number of halogens is 6. The van der Waals surface area contributed by atoms with Crippen molar-refractivity contribution < 1.29 is 26.3 Å². The summed E-state index contributed by atoms with van der Waals surface area (Å²) in [4.78, 5) is 0. The van der Waals surface area contributed by atoms with E-state index in [4.69, 9.17) is 0 Å². The maximum atomic E-state index is 15.2. The van der Waals surface area contributed by atoms with Crippen molar-refractivity contribution in [3.05, 3.63) is 155 Å². The molecule has 8 rings (SSSR count). The number of hydrogen-bond acceptors (Lipinski definition) is 0. The van der Waals surface area contributed by atoms with Gasteiger partial charge >= 0.3 is 12.4 Å². The summed E-state index contributed by atoms with van der Waals surface area (Å²) in [7, 11) is 0. The number of aromatic nitrogens is 2. The van der Waals surface area contributed by atoms with Gasteiger partial charge in [0.2, 0.25) is 5.41 Å². The van der Waals surface area contributed by atoms with Gasteiger partial charge in [-0.05, 0) is 112 Å². The zero-order valence-corrected chi connectivity index (χ0v) is 28.2. The van der Waals surface area contributed by atoms with E-state index in [9.17, 15) is 0 Å². The number of nitrogens with zero attached hydrogens (tertiary/aromatic N) is 2. The maximum absolute atomic E-state index is 15.2. The molecular weight excluding hydrogens is 658 g/mol. The fourth-order valence-corrected chi connectivity index (χ4v) is 7.76. The lowest BCUT2D eigenvalue weighted by molar-refractivity contribution is -0.288. The summed E-state index contributed by atoms with van der Waals surface area (Å²) in [5, 5.41) is 3.80. The second kappa shape index (κ2) is 11.3. The van der Waals surface area contributed by atoms with Crippen LogP contribution in [-0.4, -0.2) is 21.5 Å². The molecule has 256 valence electrons. The van der Waals surface area contributed by atoms with Crippen molar-refractivity contribution in [3.8, 4) is 11.4 Å². The molecule has 2 heterocycles. The highest BCUT2D eigenvalue weighted by atomic mass is 19.4. The number of alkyl halides is 6. The summed E-state index contributed by atoms with van der Waals surface area (Å²) in [5.74, 6) is 0. The van der Waals surface area contributed by atoms with Crippen LogP contribution >= 0.6 is 0 Å². The van der Waals surface area contributed by atoms with Crippen LogP contribution in [0.5, 0.6) is 0 Å². The van der Waals surface area contributed by atoms with Gasteiger partial charge in [-0.2, -0.15) is 26.3 Å². The molecule has 0 radical (unpaired) electrons. The molecule has 8 aromatic rings. The van der Waals surface area contributed by atoms with Crippen LogP contribution in [0.3, 0.4) is 0 Å². The third-order valence-electron chi connectivity index (χ3n) is 10.1. The Bertz CT molecular complexity index is 2330. The molecule has 2 aromatic heterocycles. The summed E-state index contributed by atoms with van der Waals surface area (Å²) in [6.07, 6.45) is -11.4. The molecule has 0 amide bonds. The van der Waals surface area contributed by atoms with Crippen LogP contribution in [0.25, 0.3) is 55.0 Å². The van der Waals surface area contributed by atoms with Gasteiger partial charge in [0, 0.05) is 32.9 Å². The SMILES string of the molecule is Cc1ccc2c(c1)c1cc(C)ccc1n2-c1ccc(C(c2ccc(-n3c4ccc(C)cc4c4cc(C)ccc43)cc2)(C(F)(F)F)C(F)(F)F)cc1. The second-order valence-corrected chi connectivity index (χ2v) is 13.6. The van der Waals surface area contributed by atoms with Crippen molar-refractivity contribution in [2.24, 2.45) is 0 Å². The van der Waals surface area contributed by atoms with E-state index in [2.05, 4.69) is 0 Å². The van der Waals surface area contributed by atoms with E-state index in [-0.39, 0.29) is 0 Å². The second-order valence-electron chi connectivity index (χ2n) is 13.6. The topological polar surface area (TPSA) is 9.86 Å². The normalized spacial score (nSPS) is 12.9. The quantitative estimate of drug-likeness (QED) is 0.163. The number of hydrogen-bond donors (Lipinski definition) is 0. The van der Waals surface area contributed by atoms with Crippen molar-refractivity contribution in [3.63, 3.8) is 0 Å². The average Bonchev–Trinajstić information content (AvgIpc) is 3.55. The van der Waals surface area contributed by atoms with Crippen LogP contribution in [0, 0.1) is 27.7 Å². The average molecular weight is 691 g/mol. The molecule has 51 heavy (non-hydrogen) atoms. The number of fused-ring (bicyclic) bond motifs is 6. The van der Waals surface area contributed by atoms with Crippen molar-refractivity contribution in [1.29, 1.82) is 0 Å². The molecular formula is C43H32F6N2. The van der Waals surface area contributed by atoms with Crippen molar-refractivity contribution in [1.82, 2.24) is 9.13 Å². The van der Waals surface area contributed by atoms with Crippen molar-refractivity contribution in [2.45, 2.75) is 45.5 Å². The maximum Gasteiger partial charge on any atom is 0.411 e.